The molecule has 4 N–H and O–H groups in total. The van der Waals surface area contributed by atoms with Crippen LogP contribution in [0.4, 0.5) is 5.82 Å². The Morgan fingerprint density at radius 1 is 1.60 bits per heavy atom. The van der Waals surface area contributed by atoms with Gasteiger partial charge in [-0.25, -0.2) is 4.98 Å². The summed E-state index contributed by atoms with van der Waals surface area (Å²) in [7, 11) is 0. The van der Waals surface area contributed by atoms with Gasteiger partial charge in [0, 0.05) is 6.20 Å². The van der Waals surface area contributed by atoms with Crippen molar-refractivity contribution in [2.24, 2.45) is 0 Å². The van der Waals surface area contributed by atoms with Gasteiger partial charge in [0.2, 0.25) is 12.1 Å². The number of hydrogen-bond acceptors (Lipinski definition) is 2. The van der Waals surface area contributed by atoms with Gasteiger partial charge in [0.25, 0.3) is 0 Å². The predicted molar refractivity (Wildman–Crippen MR) is 37.1 cm³/mol. The summed E-state index contributed by atoms with van der Waals surface area (Å²) < 4.78 is 0. The van der Waals surface area contributed by atoms with Gasteiger partial charge in [-0.2, -0.15) is 0 Å². The van der Waals surface area contributed by atoms with Gasteiger partial charge in [0.15, 0.2) is 11.0 Å². The van der Waals surface area contributed by atoms with Gasteiger partial charge in [-0.05, 0) is 6.07 Å². The summed E-state index contributed by atoms with van der Waals surface area (Å²) in [5.74, 6) is 0.620. The third-order valence-corrected chi connectivity index (χ3v) is 1.42. The molecule has 0 radical (unpaired) electrons. The number of H-pyrrole nitrogens is 2. The Balaban J connectivity index is 2.95. The lowest BCUT2D eigenvalue weighted by Crippen LogP contribution is -2.10. The number of nitrogens with zero attached hydrogens (tertiary/aromatic N) is 1. The number of nitrogens with two attached hydrogens (primary N) is 1. The van der Waals surface area contributed by atoms with Crippen molar-refractivity contribution < 1.29 is 4.98 Å². The molecule has 0 aliphatic heterocycles. The standard InChI is InChI=1S/C6H6N4/c7-6-5-4(1-2-8-5)9-3-10-6/h1-3,8H,(H2,7,9,10)/p+1. The van der Waals surface area contributed by atoms with Crippen LogP contribution in [0.15, 0.2) is 18.6 Å². The van der Waals surface area contributed by atoms with E-state index in [0.717, 1.165) is 11.0 Å². The van der Waals surface area contributed by atoms with E-state index >= 15 is 0 Å². The molecule has 0 aliphatic carbocycles. The monoisotopic (exact) mass is 135 g/mol. The largest absolute Gasteiger partial charge is 0.353 e. The molecule has 2 aromatic rings. The molecule has 0 bridgehead atoms. The maximum Gasteiger partial charge on any atom is 0.244 e. The van der Waals surface area contributed by atoms with Crippen LogP contribution in [0.1, 0.15) is 0 Å². The van der Waals surface area contributed by atoms with Crippen LogP contribution in [-0.2, 0) is 0 Å². The second-order valence-electron chi connectivity index (χ2n) is 2.05. The zero-order valence-corrected chi connectivity index (χ0v) is 5.26. The number of nitrogen functional groups attached to an aromatic ring is 1. The van der Waals surface area contributed by atoms with Gasteiger partial charge in [0.05, 0.1) is 0 Å². The molecule has 50 valence electrons. The predicted octanol–water partition coefficient (Wildman–Crippen LogP) is -0.0408. The van der Waals surface area contributed by atoms with Crippen LogP contribution in [0, 0.1) is 0 Å². The molecule has 0 unspecified atom stereocenters. The number of nitrogens with one attached hydrogen (secondary N) is 2. The summed E-state index contributed by atoms with van der Waals surface area (Å²) >= 11 is 0. The van der Waals surface area contributed by atoms with Gasteiger partial charge < -0.3 is 10.7 Å². The Kier molecular flexibility index (Phi) is 0.887. The van der Waals surface area contributed by atoms with Crippen LogP contribution in [0.5, 0.6) is 0 Å². The van der Waals surface area contributed by atoms with Crippen molar-refractivity contribution in [3.8, 4) is 0 Å². The van der Waals surface area contributed by atoms with E-state index in [4.69, 9.17) is 5.73 Å². The van der Waals surface area contributed by atoms with Crippen molar-refractivity contribution in [2.75, 3.05) is 5.73 Å². The first-order valence-corrected chi connectivity index (χ1v) is 2.97. The zero-order chi connectivity index (χ0) is 6.97. The van der Waals surface area contributed by atoms with E-state index in [1.54, 1.807) is 6.33 Å². The molecule has 2 aromatic heterocycles. The number of hydrogen-bond donors (Lipinski definition) is 2. The fraction of sp³-hybridized carbons (Fsp3) is 0. The number of anilines is 1. The second kappa shape index (κ2) is 1.70. The smallest absolute Gasteiger partial charge is 0.244 e. The Morgan fingerprint density at radius 2 is 2.50 bits per heavy atom. The third-order valence-electron chi connectivity index (χ3n) is 1.42. The molecule has 0 fully saturated rings. The van der Waals surface area contributed by atoms with Crippen LogP contribution in [0.3, 0.4) is 0 Å². The molecule has 4 nitrogen and oxygen atoms in total. The number of rotatable bonds is 0. The van der Waals surface area contributed by atoms with E-state index in [0.29, 0.717) is 5.82 Å². The quantitative estimate of drug-likeness (QED) is 0.532. The molecule has 0 aliphatic rings. The van der Waals surface area contributed by atoms with Crippen LogP contribution >= 0.6 is 0 Å². The van der Waals surface area contributed by atoms with Crippen molar-refractivity contribution in [1.29, 1.82) is 0 Å². The fourth-order valence-electron chi connectivity index (χ4n) is 0.928. The van der Waals surface area contributed by atoms with Crippen LogP contribution in [0.2, 0.25) is 0 Å². The lowest BCUT2D eigenvalue weighted by Gasteiger charge is -1.84. The van der Waals surface area contributed by atoms with E-state index < -0.39 is 0 Å². The molecule has 4 heteroatoms. The molecular weight excluding hydrogens is 128 g/mol. The van der Waals surface area contributed by atoms with Crippen molar-refractivity contribution in [3.63, 3.8) is 0 Å². The molecular formula is C6H7N4+. The van der Waals surface area contributed by atoms with Gasteiger partial charge in [-0.1, -0.05) is 0 Å². The molecule has 0 saturated heterocycles. The minimum absolute atomic E-state index is 0.620. The minimum Gasteiger partial charge on any atom is -0.353 e. The van der Waals surface area contributed by atoms with Crippen LogP contribution < -0.4 is 10.7 Å². The van der Waals surface area contributed by atoms with Gasteiger partial charge in [0.1, 0.15) is 0 Å². The van der Waals surface area contributed by atoms with Gasteiger partial charge >= 0.3 is 0 Å². The van der Waals surface area contributed by atoms with Crippen molar-refractivity contribution >= 4 is 16.9 Å². The van der Waals surface area contributed by atoms with E-state index in [1.807, 2.05) is 12.3 Å². The molecule has 0 saturated carbocycles. The molecule has 0 spiro atoms. The first-order chi connectivity index (χ1) is 4.88. The average Bonchev–Trinajstić information content (AvgIpc) is 2.36. The second-order valence-corrected chi connectivity index (χ2v) is 2.05. The topological polar surface area (TPSA) is 68.8 Å². The minimum atomic E-state index is 0.620. The number of fused-ring (bicyclic) bond motifs is 1. The normalized spacial score (nSPS) is 10.4. The van der Waals surface area contributed by atoms with Crippen molar-refractivity contribution in [2.45, 2.75) is 0 Å². The molecule has 2 rings (SSSR count). The van der Waals surface area contributed by atoms with E-state index in [1.165, 1.54) is 0 Å². The van der Waals surface area contributed by atoms with Crippen LogP contribution in [-0.4, -0.2) is 9.97 Å². The Labute approximate surface area is 57.1 Å². The molecule has 0 amide bonds. The highest BCUT2D eigenvalue weighted by Gasteiger charge is 2.03. The first kappa shape index (κ1) is 5.22. The summed E-state index contributed by atoms with van der Waals surface area (Å²) in [6.45, 7) is 0. The number of aromatic amines is 2. The highest BCUT2D eigenvalue weighted by Crippen LogP contribution is 2.09. The number of aromatic nitrogens is 3. The van der Waals surface area contributed by atoms with E-state index in [9.17, 15) is 0 Å². The summed E-state index contributed by atoms with van der Waals surface area (Å²) in [5.41, 5.74) is 7.32. The molecule has 2 heterocycles. The summed E-state index contributed by atoms with van der Waals surface area (Å²) in [5, 5.41) is 0. The SMILES string of the molecule is Nc1[nH+]cnc2cc[nH]c12. The van der Waals surface area contributed by atoms with Gasteiger partial charge in [-0.15, -0.1) is 4.98 Å². The summed E-state index contributed by atoms with van der Waals surface area (Å²) in [6.07, 6.45) is 3.38. The fourth-order valence-corrected chi connectivity index (χ4v) is 0.928. The lowest BCUT2D eigenvalue weighted by molar-refractivity contribution is -0.363. The highest BCUT2D eigenvalue weighted by molar-refractivity contribution is 5.82. The Hall–Kier alpha value is -1.58. The average molecular weight is 135 g/mol. The van der Waals surface area contributed by atoms with Crippen LogP contribution in [0.25, 0.3) is 11.0 Å². The van der Waals surface area contributed by atoms with Crippen molar-refractivity contribution in [3.05, 3.63) is 18.6 Å². The van der Waals surface area contributed by atoms with Gasteiger partial charge in [-0.3, -0.25) is 0 Å². The Morgan fingerprint density at radius 3 is 3.30 bits per heavy atom. The van der Waals surface area contributed by atoms with E-state index in [-0.39, 0.29) is 0 Å². The zero-order valence-electron chi connectivity index (χ0n) is 5.26. The highest BCUT2D eigenvalue weighted by atomic mass is 14.9. The lowest BCUT2D eigenvalue weighted by atomic mass is 10.4. The maximum atomic E-state index is 5.57. The first-order valence-electron chi connectivity index (χ1n) is 2.97. The maximum absolute atomic E-state index is 5.57. The molecule has 10 heavy (non-hydrogen) atoms. The molecule has 0 atom stereocenters. The Bertz CT molecular complexity index is 351. The summed E-state index contributed by atoms with van der Waals surface area (Å²) in [6, 6.07) is 1.87. The van der Waals surface area contributed by atoms with Crippen molar-refractivity contribution in [1.82, 2.24) is 9.97 Å². The third kappa shape index (κ3) is 0.556. The molecule has 0 aromatic carbocycles. The van der Waals surface area contributed by atoms with E-state index in [2.05, 4.69) is 15.0 Å². The summed E-state index contributed by atoms with van der Waals surface area (Å²) in [4.78, 5) is 9.80.